The molecule has 0 radical (unpaired) electrons. The van der Waals surface area contributed by atoms with Crippen molar-refractivity contribution in [3.8, 4) is 5.75 Å². The first-order chi connectivity index (χ1) is 10.1. The summed E-state index contributed by atoms with van der Waals surface area (Å²) in [5.74, 6) is 0.947. The summed E-state index contributed by atoms with van der Waals surface area (Å²) in [5, 5.41) is 6.66. The molecule has 114 valence electrons. The fourth-order valence-corrected chi connectivity index (χ4v) is 2.83. The van der Waals surface area contributed by atoms with Crippen molar-refractivity contribution in [3.05, 3.63) is 45.4 Å². The number of nitrogens with one attached hydrogen (secondary N) is 1. The summed E-state index contributed by atoms with van der Waals surface area (Å²) < 4.78 is 6.00. The van der Waals surface area contributed by atoms with Crippen molar-refractivity contribution in [3.63, 3.8) is 0 Å². The number of aryl methyl sites for hydroxylation is 2. The van der Waals surface area contributed by atoms with Gasteiger partial charge in [0.1, 0.15) is 12.4 Å². The average molecular weight is 304 g/mol. The molecule has 0 fully saturated rings. The molecule has 0 aliphatic heterocycles. The topological polar surface area (TPSA) is 34.1 Å². The number of hydrogen-bond donors (Lipinski definition) is 1. The van der Waals surface area contributed by atoms with Gasteiger partial charge >= 0.3 is 0 Å². The maximum atomic E-state index is 6.00. The predicted molar refractivity (Wildman–Crippen MR) is 89.1 cm³/mol. The largest absolute Gasteiger partial charge is 0.487 e. The molecular weight excluding hydrogens is 280 g/mol. The van der Waals surface area contributed by atoms with E-state index < -0.39 is 0 Å². The monoisotopic (exact) mass is 304 g/mol. The summed E-state index contributed by atoms with van der Waals surface area (Å²) in [6.45, 7) is 10.0. The van der Waals surface area contributed by atoms with E-state index in [4.69, 9.17) is 4.74 Å². The van der Waals surface area contributed by atoms with Crippen LogP contribution in [0.4, 0.5) is 0 Å². The van der Waals surface area contributed by atoms with Crippen molar-refractivity contribution in [2.75, 3.05) is 6.54 Å². The second-order valence-corrected chi connectivity index (χ2v) is 6.43. The van der Waals surface area contributed by atoms with Crippen molar-refractivity contribution in [1.29, 1.82) is 0 Å². The third-order valence-corrected chi connectivity index (χ3v) is 4.20. The Kier molecular flexibility index (Phi) is 5.76. The molecule has 1 N–H and O–H groups in total. The van der Waals surface area contributed by atoms with Crippen LogP contribution in [0.25, 0.3) is 0 Å². The van der Waals surface area contributed by atoms with E-state index in [-0.39, 0.29) is 6.04 Å². The van der Waals surface area contributed by atoms with Gasteiger partial charge < -0.3 is 10.1 Å². The number of hydrogen-bond acceptors (Lipinski definition) is 4. The van der Waals surface area contributed by atoms with Crippen LogP contribution in [0, 0.1) is 13.8 Å². The van der Waals surface area contributed by atoms with Gasteiger partial charge in [-0.1, -0.05) is 24.6 Å². The van der Waals surface area contributed by atoms with Crippen molar-refractivity contribution >= 4 is 11.3 Å². The lowest BCUT2D eigenvalue weighted by Gasteiger charge is -2.18. The van der Waals surface area contributed by atoms with Gasteiger partial charge in [0.15, 0.2) is 0 Å². The molecule has 0 saturated heterocycles. The number of aromatic nitrogens is 1. The van der Waals surface area contributed by atoms with Crippen LogP contribution in [0.15, 0.2) is 23.6 Å². The lowest BCUT2D eigenvalue weighted by atomic mass is 10.0. The van der Waals surface area contributed by atoms with Gasteiger partial charge in [-0.2, -0.15) is 0 Å². The van der Waals surface area contributed by atoms with Crippen LogP contribution in [-0.4, -0.2) is 11.5 Å². The summed E-state index contributed by atoms with van der Waals surface area (Å²) in [7, 11) is 0. The normalized spacial score (nSPS) is 12.4. The molecule has 1 heterocycles. The van der Waals surface area contributed by atoms with Crippen molar-refractivity contribution < 1.29 is 4.74 Å². The molecule has 1 aromatic heterocycles. The zero-order valence-corrected chi connectivity index (χ0v) is 14.1. The molecule has 0 aliphatic rings. The van der Waals surface area contributed by atoms with Gasteiger partial charge in [0.2, 0.25) is 0 Å². The Morgan fingerprint density at radius 1 is 1.33 bits per heavy atom. The van der Waals surface area contributed by atoms with Gasteiger partial charge in [-0.3, -0.25) is 0 Å². The van der Waals surface area contributed by atoms with Crippen LogP contribution in [0.2, 0.25) is 0 Å². The van der Waals surface area contributed by atoms with Crippen LogP contribution in [0.1, 0.15) is 48.1 Å². The molecule has 21 heavy (non-hydrogen) atoms. The fraction of sp³-hybridized carbons (Fsp3) is 0.471. The summed E-state index contributed by atoms with van der Waals surface area (Å²) in [5.41, 5.74) is 3.47. The highest BCUT2D eigenvalue weighted by molar-refractivity contribution is 7.09. The average Bonchev–Trinajstić information content (AvgIpc) is 2.89. The molecule has 0 bridgehead atoms. The molecule has 2 aromatic rings. The zero-order valence-electron chi connectivity index (χ0n) is 13.3. The van der Waals surface area contributed by atoms with Crippen LogP contribution in [-0.2, 0) is 6.61 Å². The van der Waals surface area contributed by atoms with E-state index in [9.17, 15) is 0 Å². The fourth-order valence-electron chi connectivity index (χ4n) is 2.23. The number of nitrogens with zero attached hydrogens (tertiary/aromatic N) is 1. The number of benzene rings is 1. The van der Waals surface area contributed by atoms with Gasteiger partial charge in [0.05, 0.1) is 10.7 Å². The van der Waals surface area contributed by atoms with Crippen molar-refractivity contribution in [2.24, 2.45) is 0 Å². The van der Waals surface area contributed by atoms with Crippen molar-refractivity contribution in [2.45, 2.75) is 46.8 Å². The predicted octanol–water partition coefficient (Wildman–Crippen LogP) is 4.40. The molecule has 0 aliphatic carbocycles. The summed E-state index contributed by atoms with van der Waals surface area (Å²) in [4.78, 5) is 4.45. The number of thiazole rings is 1. The molecule has 0 saturated carbocycles. The Morgan fingerprint density at radius 2 is 2.14 bits per heavy atom. The second-order valence-electron chi connectivity index (χ2n) is 5.36. The van der Waals surface area contributed by atoms with E-state index in [1.807, 2.05) is 6.92 Å². The Hall–Kier alpha value is -1.39. The van der Waals surface area contributed by atoms with Gasteiger partial charge in [-0.25, -0.2) is 4.98 Å². The lowest BCUT2D eigenvalue weighted by Crippen LogP contribution is -2.20. The van der Waals surface area contributed by atoms with Gasteiger partial charge in [-0.05, 0) is 39.8 Å². The van der Waals surface area contributed by atoms with Crippen molar-refractivity contribution in [1.82, 2.24) is 10.3 Å². The standard InChI is InChI=1S/C17H24N2OS/c1-5-8-18-13(3)16-9-12(2)6-7-17(16)20-10-15-11-21-14(4)19-15/h6-7,9,11,13,18H,5,8,10H2,1-4H3. The minimum atomic E-state index is 0.289. The van der Waals surface area contributed by atoms with Gasteiger partial charge in [0, 0.05) is 17.0 Å². The lowest BCUT2D eigenvalue weighted by molar-refractivity contribution is 0.295. The SMILES string of the molecule is CCCNC(C)c1cc(C)ccc1OCc1csc(C)n1. The molecule has 2 rings (SSSR count). The minimum Gasteiger partial charge on any atom is -0.487 e. The van der Waals surface area contributed by atoms with Crippen LogP contribution in [0.5, 0.6) is 5.75 Å². The Bertz CT molecular complexity index is 580. The second kappa shape index (κ2) is 7.57. The van der Waals surface area contributed by atoms with Gasteiger partial charge in [-0.15, -0.1) is 11.3 Å². The molecule has 0 spiro atoms. The highest BCUT2D eigenvalue weighted by atomic mass is 32.1. The van der Waals surface area contributed by atoms with Gasteiger partial charge in [0.25, 0.3) is 0 Å². The maximum Gasteiger partial charge on any atom is 0.131 e. The van der Waals surface area contributed by atoms with E-state index in [1.165, 1.54) is 11.1 Å². The van der Waals surface area contributed by atoms with E-state index >= 15 is 0 Å². The quantitative estimate of drug-likeness (QED) is 0.823. The molecule has 4 heteroatoms. The highest BCUT2D eigenvalue weighted by Crippen LogP contribution is 2.27. The molecule has 1 unspecified atom stereocenters. The van der Waals surface area contributed by atoms with Crippen LogP contribution >= 0.6 is 11.3 Å². The first kappa shape index (κ1) is 16.0. The molecular formula is C17H24N2OS. The van der Waals surface area contributed by atoms with E-state index in [1.54, 1.807) is 11.3 Å². The van der Waals surface area contributed by atoms with E-state index in [2.05, 4.69) is 54.7 Å². The summed E-state index contributed by atoms with van der Waals surface area (Å²) in [6, 6.07) is 6.65. The molecule has 1 aromatic carbocycles. The molecule has 1 atom stereocenters. The maximum absolute atomic E-state index is 6.00. The van der Waals surface area contributed by atoms with Crippen LogP contribution < -0.4 is 10.1 Å². The highest BCUT2D eigenvalue weighted by Gasteiger charge is 2.12. The van der Waals surface area contributed by atoms with E-state index in [0.717, 1.165) is 29.4 Å². The summed E-state index contributed by atoms with van der Waals surface area (Å²) >= 11 is 1.66. The Labute approximate surface area is 131 Å². The molecule has 0 amide bonds. The smallest absolute Gasteiger partial charge is 0.131 e. The first-order valence-electron chi connectivity index (χ1n) is 7.48. The minimum absolute atomic E-state index is 0.289. The van der Waals surface area contributed by atoms with E-state index in [0.29, 0.717) is 6.61 Å². The first-order valence-corrected chi connectivity index (χ1v) is 8.36. The zero-order chi connectivity index (χ0) is 15.2. The summed E-state index contributed by atoms with van der Waals surface area (Å²) in [6.07, 6.45) is 1.13. The number of rotatable bonds is 7. The Balaban J connectivity index is 2.10. The molecule has 3 nitrogen and oxygen atoms in total. The third-order valence-electron chi connectivity index (χ3n) is 3.37. The Morgan fingerprint density at radius 3 is 2.81 bits per heavy atom. The third kappa shape index (κ3) is 4.55. The number of ether oxygens (including phenoxy) is 1. The van der Waals surface area contributed by atoms with Crippen LogP contribution in [0.3, 0.4) is 0 Å².